The monoisotopic (exact) mass is 322 g/mol. The summed E-state index contributed by atoms with van der Waals surface area (Å²) in [4.78, 5) is 13.0. The Morgan fingerprint density at radius 1 is 1.17 bits per heavy atom. The van der Waals surface area contributed by atoms with Crippen molar-refractivity contribution < 1.29 is 9.90 Å². The molecule has 2 aromatic rings. The molecule has 0 spiro atoms. The summed E-state index contributed by atoms with van der Waals surface area (Å²) in [7, 11) is 0. The molecule has 18 heavy (non-hydrogen) atoms. The average Bonchev–Trinajstić information content (AvgIpc) is 2.33. The van der Waals surface area contributed by atoms with Gasteiger partial charge in [0.2, 0.25) is 0 Å². The molecule has 0 aliphatic rings. The van der Waals surface area contributed by atoms with Gasteiger partial charge in [0, 0.05) is 14.3 Å². The second-order valence-corrected chi connectivity index (χ2v) is 5.87. The highest BCUT2D eigenvalue weighted by molar-refractivity contribution is 9.10. The molecule has 0 unspecified atom stereocenters. The van der Waals surface area contributed by atoms with Crippen LogP contribution in [0.4, 0.5) is 0 Å². The topological polar surface area (TPSA) is 37.3 Å². The first-order chi connectivity index (χ1) is 8.56. The lowest BCUT2D eigenvalue weighted by molar-refractivity contribution is 0.0697. The molecule has 2 rings (SSSR count). The zero-order valence-electron chi connectivity index (χ0n) is 9.68. The molecule has 2 nitrogen and oxygen atoms in total. The summed E-state index contributed by atoms with van der Waals surface area (Å²) in [5, 5.41) is 8.83. The van der Waals surface area contributed by atoms with Gasteiger partial charge in [-0.2, -0.15) is 0 Å². The van der Waals surface area contributed by atoms with E-state index in [1.54, 1.807) is 23.9 Å². The fraction of sp³-hybridized carbons (Fsp3) is 0.0714. The van der Waals surface area contributed by atoms with Gasteiger partial charge in [-0.1, -0.05) is 27.7 Å². The van der Waals surface area contributed by atoms with Gasteiger partial charge in [-0.15, -0.1) is 0 Å². The minimum absolute atomic E-state index is 0.312. The van der Waals surface area contributed by atoms with E-state index >= 15 is 0 Å². The van der Waals surface area contributed by atoms with Crippen molar-refractivity contribution in [2.45, 2.75) is 16.7 Å². The Kier molecular flexibility index (Phi) is 4.09. The molecule has 0 aromatic heterocycles. The smallest absolute Gasteiger partial charge is 0.335 e. The number of carboxylic acids is 1. The van der Waals surface area contributed by atoms with Gasteiger partial charge < -0.3 is 5.11 Å². The third-order valence-corrected chi connectivity index (χ3v) is 4.15. The first-order valence-electron chi connectivity index (χ1n) is 5.33. The fourth-order valence-electron chi connectivity index (χ4n) is 1.52. The van der Waals surface area contributed by atoms with Crippen LogP contribution in [0.1, 0.15) is 15.9 Å². The molecule has 4 heteroatoms. The lowest BCUT2D eigenvalue weighted by atomic mass is 10.2. The van der Waals surface area contributed by atoms with E-state index in [2.05, 4.69) is 35.0 Å². The highest BCUT2D eigenvalue weighted by atomic mass is 79.9. The molecule has 0 aliphatic heterocycles. The van der Waals surface area contributed by atoms with Crippen LogP contribution in [0.2, 0.25) is 0 Å². The van der Waals surface area contributed by atoms with E-state index in [0.717, 1.165) is 9.37 Å². The molecular formula is C14H11BrO2S. The van der Waals surface area contributed by atoms with E-state index in [0.29, 0.717) is 5.56 Å². The average molecular weight is 323 g/mol. The van der Waals surface area contributed by atoms with E-state index < -0.39 is 5.97 Å². The van der Waals surface area contributed by atoms with E-state index in [4.69, 9.17) is 5.11 Å². The summed E-state index contributed by atoms with van der Waals surface area (Å²) in [5.41, 5.74) is 1.50. The first kappa shape index (κ1) is 13.2. The Bertz CT molecular complexity index is 579. The second-order valence-electron chi connectivity index (χ2n) is 3.84. The molecule has 92 valence electrons. The summed E-state index contributed by atoms with van der Waals surface area (Å²) >= 11 is 5.06. The highest BCUT2D eigenvalue weighted by Crippen LogP contribution is 2.31. The van der Waals surface area contributed by atoms with Crippen LogP contribution in [-0.4, -0.2) is 11.1 Å². The number of halogens is 1. The van der Waals surface area contributed by atoms with Crippen LogP contribution in [-0.2, 0) is 0 Å². The van der Waals surface area contributed by atoms with Crippen molar-refractivity contribution in [1.82, 2.24) is 0 Å². The zero-order valence-corrected chi connectivity index (χ0v) is 12.1. The quantitative estimate of drug-likeness (QED) is 0.896. The number of aryl methyl sites for hydroxylation is 1. The maximum atomic E-state index is 10.8. The van der Waals surface area contributed by atoms with Crippen LogP contribution in [0.5, 0.6) is 0 Å². The molecule has 0 saturated heterocycles. The van der Waals surface area contributed by atoms with Crippen LogP contribution >= 0.6 is 27.7 Å². The Morgan fingerprint density at radius 2 is 1.83 bits per heavy atom. The van der Waals surface area contributed by atoms with E-state index in [1.165, 1.54) is 10.5 Å². The number of hydrogen-bond donors (Lipinski definition) is 1. The Labute approximate surface area is 118 Å². The minimum Gasteiger partial charge on any atom is -0.478 e. The highest BCUT2D eigenvalue weighted by Gasteiger charge is 2.04. The molecule has 2 aromatic carbocycles. The van der Waals surface area contributed by atoms with Gasteiger partial charge in [0.05, 0.1) is 5.56 Å². The lowest BCUT2D eigenvalue weighted by Crippen LogP contribution is -1.94. The van der Waals surface area contributed by atoms with Crippen LogP contribution in [0.15, 0.2) is 56.7 Å². The maximum Gasteiger partial charge on any atom is 0.335 e. The van der Waals surface area contributed by atoms with Gasteiger partial charge in [0.1, 0.15) is 0 Å². The van der Waals surface area contributed by atoms with Crippen molar-refractivity contribution >= 4 is 33.7 Å². The van der Waals surface area contributed by atoms with Gasteiger partial charge in [-0.25, -0.2) is 4.79 Å². The van der Waals surface area contributed by atoms with E-state index in [1.807, 2.05) is 18.2 Å². The molecule has 0 atom stereocenters. The van der Waals surface area contributed by atoms with Crippen LogP contribution in [0, 0.1) is 6.92 Å². The molecule has 0 aliphatic carbocycles. The van der Waals surface area contributed by atoms with Gasteiger partial charge in [0.25, 0.3) is 0 Å². The third kappa shape index (κ3) is 3.15. The third-order valence-electron chi connectivity index (χ3n) is 2.47. The van der Waals surface area contributed by atoms with Crippen LogP contribution in [0.25, 0.3) is 0 Å². The number of rotatable bonds is 3. The van der Waals surface area contributed by atoms with Crippen molar-refractivity contribution in [3.8, 4) is 0 Å². The number of aromatic carboxylic acids is 1. The Morgan fingerprint density at radius 3 is 2.39 bits per heavy atom. The largest absolute Gasteiger partial charge is 0.478 e. The Hall–Kier alpha value is -1.26. The van der Waals surface area contributed by atoms with E-state index in [9.17, 15) is 4.79 Å². The standard InChI is InChI=1S/C14H11BrO2S/c1-9-8-11(15)4-7-13(9)18-12-5-2-10(3-6-12)14(16)17/h2-8H,1H3,(H,16,17). The summed E-state index contributed by atoms with van der Waals surface area (Å²) in [5.74, 6) is -0.897. The summed E-state index contributed by atoms with van der Waals surface area (Å²) in [6.07, 6.45) is 0. The molecule has 0 radical (unpaired) electrons. The molecule has 0 fully saturated rings. The summed E-state index contributed by atoms with van der Waals surface area (Å²) in [6.45, 7) is 2.05. The van der Waals surface area contributed by atoms with Crippen molar-refractivity contribution in [3.63, 3.8) is 0 Å². The van der Waals surface area contributed by atoms with Gasteiger partial charge >= 0.3 is 5.97 Å². The normalized spacial score (nSPS) is 10.3. The number of hydrogen-bond acceptors (Lipinski definition) is 2. The van der Waals surface area contributed by atoms with Gasteiger partial charge in [-0.3, -0.25) is 0 Å². The molecule has 1 N–H and O–H groups in total. The van der Waals surface area contributed by atoms with Crippen LogP contribution < -0.4 is 0 Å². The van der Waals surface area contributed by atoms with Gasteiger partial charge in [-0.05, 0) is 55.0 Å². The van der Waals surface area contributed by atoms with Crippen molar-refractivity contribution in [1.29, 1.82) is 0 Å². The SMILES string of the molecule is Cc1cc(Br)ccc1Sc1ccc(C(=O)O)cc1. The maximum absolute atomic E-state index is 10.8. The first-order valence-corrected chi connectivity index (χ1v) is 6.94. The zero-order chi connectivity index (χ0) is 13.1. The molecule has 0 amide bonds. The molecule has 0 saturated carbocycles. The minimum atomic E-state index is -0.897. The molecular weight excluding hydrogens is 312 g/mol. The second kappa shape index (κ2) is 5.59. The number of carboxylic acid groups (broad SMARTS) is 1. The Balaban J connectivity index is 2.21. The predicted molar refractivity (Wildman–Crippen MR) is 76.4 cm³/mol. The lowest BCUT2D eigenvalue weighted by Gasteiger charge is -2.06. The number of carbonyl (C=O) groups is 1. The predicted octanol–water partition coefficient (Wildman–Crippen LogP) is 4.61. The number of benzene rings is 2. The van der Waals surface area contributed by atoms with Crippen molar-refractivity contribution in [2.24, 2.45) is 0 Å². The van der Waals surface area contributed by atoms with Gasteiger partial charge in [0.15, 0.2) is 0 Å². The van der Waals surface area contributed by atoms with Crippen molar-refractivity contribution in [3.05, 3.63) is 58.1 Å². The summed E-state index contributed by atoms with van der Waals surface area (Å²) in [6, 6.07) is 13.0. The van der Waals surface area contributed by atoms with E-state index in [-0.39, 0.29) is 0 Å². The summed E-state index contributed by atoms with van der Waals surface area (Å²) < 4.78 is 1.06. The molecule has 0 heterocycles. The van der Waals surface area contributed by atoms with Crippen LogP contribution in [0.3, 0.4) is 0 Å². The molecule has 0 bridgehead atoms. The fourth-order valence-corrected chi connectivity index (χ4v) is 2.88. The van der Waals surface area contributed by atoms with Crippen molar-refractivity contribution in [2.75, 3.05) is 0 Å².